The van der Waals surface area contributed by atoms with Gasteiger partial charge in [0.1, 0.15) is 12.6 Å². The molecule has 0 aromatic heterocycles. The van der Waals surface area contributed by atoms with Crippen LogP contribution in [0.15, 0.2) is 18.2 Å². The Morgan fingerprint density at radius 2 is 1.96 bits per heavy atom. The molecule has 2 amide bonds. The van der Waals surface area contributed by atoms with E-state index in [0.29, 0.717) is 4.90 Å². The molecule has 2 atom stereocenters. The van der Waals surface area contributed by atoms with Crippen LogP contribution in [0.4, 0.5) is 26.7 Å². The van der Waals surface area contributed by atoms with E-state index in [4.69, 9.17) is 5.11 Å². The maximum absolute atomic E-state index is 14.0. The van der Waals surface area contributed by atoms with Gasteiger partial charge in [0, 0.05) is 12.5 Å². The average molecular weight is 366 g/mol. The highest BCUT2D eigenvalue weighted by Gasteiger charge is 2.39. The van der Waals surface area contributed by atoms with Crippen LogP contribution in [0, 0.1) is 11.6 Å². The summed E-state index contributed by atoms with van der Waals surface area (Å²) >= 11 is 0. The number of likely N-dealkylation sites (tertiary alicyclic amines) is 1. The summed E-state index contributed by atoms with van der Waals surface area (Å²) in [7, 11) is 0. The van der Waals surface area contributed by atoms with Crippen LogP contribution >= 0.6 is 0 Å². The van der Waals surface area contributed by atoms with Gasteiger partial charge in [-0.15, -0.1) is 0 Å². The molecule has 2 unspecified atom stereocenters. The third-order valence-corrected chi connectivity index (χ3v) is 3.94. The zero-order chi connectivity index (χ0) is 18.8. The highest BCUT2D eigenvalue weighted by molar-refractivity contribution is 5.85. The number of benzene rings is 1. The molecule has 0 bridgehead atoms. The van der Waals surface area contributed by atoms with Crippen molar-refractivity contribution in [3.8, 4) is 0 Å². The van der Waals surface area contributed by atoms with Gasteiger partial charge in [0.2, 0.25) is 5.91 Å². The number of carbonyl (C=O) groups is 2. The number of hydrogen-bond acceptors (Lipinski definition) is 2. The van der Waals surface area contributed by atoms with Gasteiger partial charge in [0.25, 0.3) is 0 Å². The van der Waals surface area contributed by atoms with Gasteiger partial charge in [-0.3, -0.25) is 4.79 Å². The molecule has 138 valence electrons. The Morgan fingerprint density at radius 3 is 2.56 bits per heavy atom. The molecule has 25 heavy (non-hydrogen) atoms. The number of nitrogens with zero attached hydrogens (tertiary/aromatic N) is 1. The van der Waals surface area contributed by atoms with Crippen LogP contribution in [0.25, 0.3) is 0 Å². The molecule has 1 aromatic carbocycles. The Bertz CT molecular complexity index is 665. The van der Waals surface area contributed by atoms with Crippen molar-refractivity contribution in [2.45, 2.75) is 31.0 Å². The monoisotopic (exact) mass is 366 g/mol. The minimum Gasteiger partial charge on any atom is -0.465 e. The molecule has 0 aliphatic carbocycles. The fraction of sp³-hybridized carbons (Fsp3) is 0.467. The molecule has 1 heterocycles. The quantitative estimate of drug-likeness (QED) is 0.809. The molecule has 0 saturated carbocycles. The molecule has 2 N–H and O–H groups in total. The highest BCUT2D eigenvalue weighted by atomic mass is 19.4. The molecule has 1 aromatic rings. The largest absolute Gasteiger partial charge is 0.465 e. The Morgan fingerprint density at radius 1 is 1.28 bits per heavy atom. The third kappa shape index (κ3) is 4.80. The summed E-state index contributed by atoms with van der Waals surface area (Å²) in [6.07, 6.45) is -6.37. The Labute approximate surface area is 139 Å². The smallest absolute Gasteiger partial charge is 0.406 e. The van der Waals surface area contributed by atoms with Crippen molar-refractivity contribution in [1.82, 2.24) is 10.2 Å². The summed E-state index contributed by atoms with van der Waals surface area (Å²) < 4.78 is 65.6. The van der Waals surface area contributed by atoms with Crippen LogP contribution in [0.2, 0.25) is 0 Å². The number of carbonyl (C=O) groups excluding carboxylic acids is 1. The first-order chi connectivity index (χ1) is 11.6. The summed E-state index contributed by atoms with van der Waals surface area (Å²) in [6, 6.07) is 1.97. The molecule has 5 nitrogen and oxygen atoms in total. The minimum absolute atomic E-state index is 0.0193. The van der Waals surface area contributed by atoms with E-state index < -0.39 is 54.9 Å². The van der Waals surface area contributed by atoms with Gasteiger partial charge < -0.3 is 15.3 Å². The van der Waals surface area contributed by atoms with Crippen LogP contribution in [-0.2, 0) is 4.79 Å². The van der Waals surface area contributed by atoms with Gasteiger partial charge >= 0.3 is 12.3 Å². The second-order valence-corrected chi connectivity index (χ2v) is 5.75. The Kier molecular flexibility index (Phi) is 5.48. The van der Waals surface area contributed by atoms with E-state index >= 15 is 0 Å². The molecule has 10 heteroatoms. The summed E-state index contributed by atoms with van der Waals surface area (Å²) in [4.78, 5) is 23.4. The standard InChI is InChI=1S/C15H15F5N2O3/c16-10-3-1-2-9(12(10)17)8-4-5-11(21-14(24)25)13(23)22(6-8)7-15(18,19)20/h1-3,8,11,21H,4-7H2,(H,24,25). The molecule has 1 aliphatic heterocycles. The van der Waals surface area contributed by atoms with Gasteiger partial charge in [0.15, 0.2) is 11.6 Å². The number of hydrogen-bond donors (Lipinski definition) is 2. The molecule has 0 radical (unpaired) electrons. The zero-order valence-electron chi connectivity index (χ0n) is 12.8. The number of nitrogens with one attached hydrogen (secondary N) is 1. The summed E-state index contributed by atoms with van der Waals surface area (Å²) in [5, 5.41) is 10.6. The molecule has 1 fully saturated rings. The fourth-order valence-corrected chi connectivity index (χ4v) is 2.89. The van der Waals surface area contributed by atoms with Gasteiger partial charge in [-0.2, -0.15) is 13.2 Å². The van der Waals surface area contributed by atoms with Crippen LogP contribution in [0.3, 0.4) is 0 Å². The van der Waals surface area contributed by atoms with E-state index in [1.807, 2.05) is 5.32 Å². The third-order valence-electron chi connectivity index (χ3n) is 3.94. The second-order valence-electron chi connectivity index (χ2n) is 5.75. The van der Waals surface area contributed by atoms with Crippen molar-refractivity contribution in [3.63, 3.8) is 0 Å². The van der Waals surface area contributed by atoms with E-state index in [2.05, 4.69) is 0 Å². The second kappa shape index (κ2) is 7.24. The molecule has 1 aliphatic rings. The lowest BCUT2D eigenvalue weighted by Gasteiger charge is -2.27. The van der Waals surface area contributed by atoms with Crippen LogP contribution in [0.1, 0.15) is 24.3 Å². The maximum Gasteiger partial charge on any atom is 0.406 e. The van der Waals surface area contributed by atoms with Crippen LogP contribution < -0.4 is 5.32 Å². The normalized spacial score (nSPS) is 21.8. The van der Waals surface area contributed by atoms with Crippen LogP contribution in [-0.4, -0.2) is 47.3 Å². The topological polar surface area (TPSA) is 69.6 Å². The predicted molar refractivity (Wildman–Crippen MR) is 75.9 cm³/mol. The average Bonchev–Trinajstić information content (AvgIpc) is 2.62. The van der Waals surface area contributed by atoms with Gasteiger partial charge in [-0.05, 0) is 24.5 Å². The molecule has 1 saturated heterocycles. The van der Waals surface area contributed by atoms with E-state index in [0.717, 1.165) is 6.07 Å². The van der Waals surface area contributed by atoms with Gasteiger partial charge in [-0.25, -0.2) is 13.6 Å². The number of amides is 2. The van der Waals surface area contributed by atoms with E-state index in [1.165, 1.54) is 12.1 Å². The van der Waals surface area contributed by atoms with Crippen molar-refractivity contribution < 1.29 is 36.6 Å². The van der Waals surface area contributed by atoms with Crippen molar-refractivity contribution in [3.05, 3.63) is 35.4 Å². The SMILES string of the molecule is O=C(O)NC1CCC(c2cccc(F)c2F)CN(CC(F)(F)F)C1=O. The van der Waals surface area contributed by atoms with Crippen molar-refractivity contribution >= 4 is 12.0 Å². The number of alkyl halides is 3. The van der Waals surface area contributed by atoms with Gasteiger partial charge in [0.05, 0.1) is 0 Å². The molecule has 2 rings (SSSR count). The van der Waals surface area contributed by atoms with E-state index in [9.17, 15) is 31.5 Å². The predicted octanol–water partition coefficient (Wildman–Crippen LogP) is 2.87. The lowest BCUT2D eigenvalue weighted by atomic mass is 9.93. The number of halogens is 5. The molecular formula is C15H15F5N2O3. The lowest BCUT2D eigenvalue weighted by Crippen LogP contribution is -2.49. The number of carboxylic acid groups (broad SMARTS) is 1. The first kappa shape index (κ1) is 18.9. The van der Waals surface area contributed by atoms with E-state index in [-0.39, 0.29) is 18.4 Å². The minimum atomic E-state index is -4.71. The Hall–Kier alpha value is -2.39. The Balaban J connectivity index is 2.33. The molecular weight excluding hydrogens is 351 g/mol. The first-order valence-corrected chi connectivity index (χ1v) is 7.37. The van der Waals surface area contributed by atoms with E-state index in [1.54, 1.807) is 0 Å². The zero-order valence-corrected chi connectivity index (χ0v) is 12.8. The number of rotatable bonds is 3. The molecule has 0 spiro atoms. The maximum atomic E-state index is 14.0. The van der Waals surface area contributed by atoms with Crippen LogP contribution in [0.5, 0.6) is 0 Å². The van der Waals surface area contributed by atoms with Gasteiger partial charge in [-0.1, -0.05) is 12.1 Å². The first-order valence-electron chi connectivity index (χ1n) is 7.37. The van der Waals surface area contributed by atoms with Crippen molar-refractivity contribution in [1.29, 1.82) is 0 Å². The highest BCUT2D eigenvalue weighted by Crippen LogP contribution is 2.31. The fourth-order valence-electron chi connectivity index (χ4n) is 2.89. The summed E-state index contributed by atoms with van der Waals surface area (Å²) in [6.45, 7) is -2.09. The van der Waals surface area contributed by atoms with Crippen molar-refractivity contribution in [2.75, 3.05) is 13.1 Å². The van der Waals surface area contributed by atoms with Crippen molar-refractivity contribution in [2.24, 2.45) is 0 Å². The lowest BCUT2D eigenvalue weighted by molar-refractivity contribution is -0.162. The summed E-state index contributed by atoms with van der Waals surface area (Å²) in [5.41, 5.74) is -0.143. The summed E-state index contributed by atoms with van der Waals surface area (Å²) in [5.74, 6) is -4.26.